The average molecular weight is 206 g/mol. The molecule has 15 heavy (non-hydrogen) atoms. The lowest BCUT2D eigenvalue weighted by Crippen LogP contribution is -2.27. The standard InChI is InChI=1S/C12H18N2O/c1-8-3-11-9(2)4-10(7-14-15)5-12(11)13-6-8/h3,6,9-10,14-15H,4-5,7H2,1-2H3. The monoisotopic (exact) mass is 206 g/mol. The van der Waals surface area contributed by atoms with Gasteiger partial charge in [0.05, 0.1) is 0 Å². The lowest BCUT2D eigenvalue weighted by molar-refractivity contribution is 0.142. The first-order chi connectivity index (χ1) is 7.20. The fourth-order valence-corrected chi connectivity index (χ4v) is 2.49. The molecule has 0 spiro atoms. The van der Waals surface area contributed by atoms with Crippen LogP contribution in [-0.2, 0) is 6.42 Å². The summed E-state index contributed by atoms with van der Waals surface area (Å²) >= 11 is 0. The van der Waals surface area contributed by atoms with Gasteiger partial charge in [-0.15, -0.1) is 0 Å². The van der Waals surface area contributed by atoms with Crippen LogP contribution in [0.5, 0.6) is 0 Å². The van der Waals surface area contributed by atoms with E-state index in [0.29, 0.717) is 18.4 Å². The van der Waals surface area contributed by atoms with E-state index in [0.717, 1.165) is 12.8 Å². The molecule has 0 bridgehead atoms. The first kappa shape index (κ1) is 10.6. The summed E-state index contributed by atoms with van der Waals surface area (Å²) in [5.74, 6) is 1.06. The fourth-order valence-electron chi connectivity index (χ4n) is 2.49. The number of nitrogens with zero attached hydrogens (tertiary/aromatic N) is 1. The molecule has 2 unspecified atom stereocenters. The topological polar surface area (TPSA) is 45.2 Å². The van der Waals surface area contributed by atoms with Crippen molar-refractivity contribution in [2.24, 2.45) is 5.92 Å². The molecule has 3 heteroatoms. The Labute approximate surface area is 90.5 Å². The molecular weight excluding hydrogens is 188 g/mol. The number of pyridine rings is 1. The molecule has 2 atom stereocenters. The summed E-state index contributed by atoms with van der Waals surface area (Å²) in [6.07, 6.45) is 4.04. The third-order valence-electron chi connectivity index (χ3n) is 3.22. The Hall–Kier alpha value is -0.930. The molecule has 2 N–H and O–H groups in total. The molecular formula is C12H18N2O. The molecule has 0 aromatic carbocycles. The van der Waals surface area contributed by atoms with Gasteiger partial charge in [0.25, 0.3) is 0 Å². The maximum absolute atomic E-state index is 8.73. The van der Waals surface area contributed by atoms with Crippen molar-refractivity contribution >= 4 is 0 Å². The summed E-state index contributed by atoms with van der Waals surface area (Å²) in [5.41, 5.74) is 6.11. The maximum Gasteiger partial charge on any atom is 0.0441 e. The Morgan fingerprint density at radius 1 is 1.60 bits per heavy atom. The zero-order valence-electron chi connectivity index (χ0n) is 9.33. The van der Waals surface area contributed by atoms with E-state index in [9.17, 15) is 0 Å². The van der Waals surface area contributed by atoms with Gasteiger partial charge in [-0.2, -0.15) is 0 Å². The number of hydrogen-bond donors (Lipinski definition) is 2. The van der Waals surface area contributed by atoms with Gasteiger partial charge in [-0.1, -0.05) is 13.0 Å². The van der Waals surface area contributed by atoms with Gasteiger partial charge in [0.15, 0.2) is 0 Å². The quantitative estimate of drug-likeness (QED) is 0.728. The van der Waals surface area contributed by atoms with E-state index >= 15 is 0 Å². The normalized spacial score (nSPS) is 25.0. The molecule has 1 aliphatic rings. The van der Waals surface area contributed by atoms with Crippen molar-refractivity contribution in [3.8, 4) is 0 Å². The Kier molecular flexibility index (Phi) is 3.03. The van der Waals surface area contributed by atoms with Crippen LogP contribution in [-0.4, -0.2) is 16.7 Å². The number of hydroxylamine groups is 1. The molecule has 1 aromatic rings. The van der Waals surface area contributed by atoms with Gasteiger partial charge < -0.3 is 5.21 Å². The van der Waals surface area contributed by atoms with Crippen LogP contribution in [0.4, 0.5) is 0 Å². The van der Waals surface area contributed by atoms with Crippen molar-refractivity contribution in [2.75, 3.05) is 6.54 Å². The van der Waals surface area contributed by atoms with E-state index < -0.39 is 0 Å². The molecule has 0 radical (unpaired) electrons. The molecule has 0 fully saturated rings. The lowest BCUT2D eigenvalue weighted by Gasteiger charge is -2.28. The minimum atomic E-state index is 0.507. The SMILES string of the molecule is Cc1cnc2c(c1)C(C)CC(CNO)C2. The highest BCUT2D eigenvalue weighted by Crippen LogP contribution is 2.33. The number of hydrogen-bond acceptors (Lipinski definition) is 3. The highest BCUT2D eigenvalue weighted by molar-refractivity contribution is 5.30. The largest absolute Gasteiger partial charge is 0.317 e. The molecule has 1 aromatic heterocycles. The molecule has 3 nitrogen and oxygen atoms in total. The van der Waals surface area contributed by atoms with Gasteiger partial charge in [0.1, 0.15) is 0 Å². The third-order valence-corrected chi connectivity index (χ3v) is 3.22. The van der Waals surface area contributed by atoms with Crippen molar-refractivity contribution in [1.29, 1.82) is 0 Å². The Balaban J connectivity index is 2.24. The molecule has 1 heterocycles. The minimum absolute atomic E-state index is 0.507. The van der Waals surface area contributed by atoms with Gasteiger partial charge in [0, 0.05) is 18.4 Å². The summed E-state index contributed by atoms with van der Waals surface area (Å²) in [6, 6.07) is 2.25. The van der Waals surface area contributed by atoms with Crippen LogP contribution in [0.1, 0.15) is 36.1 Å². The Morgan fingerprint density at radius 3 is 3.13 bits per heavy atom. The summed E-state index contributed by atoms with van der Waals surface area (Å²) in [5, 5.41) is 8.73. The van der Waals surface area contributed by atoms with Gasteiger partial charge in [-0.25, -0.2) is 5.48 Å². The van der Waals surface area contributed by atoms with E-state index in [1.807, 2.05) is 6.20 Å². The van der Waals surface area contributed by atoms with Crippen LogP contribution < -0.4 is 5.48 Å². The first-order valence-electron chi connectivity index (χ1n) is 5.53. The number of aromatic nitrogens is 1. The van der Waals surface area contributed by atoms with E-state index in [1.165, 1.54) is 16.8 Å². The first-order valence-corrected chi connectivity index (χ1v) is 5.53. The second-order valence-electron chi connectivity index (χ2n) is 4.62. The van der Waals surface area contributed by atoms with Crippen molar-refractivity contribution in [1.82, 2.24) is 10.5 Å². The van der Waals surface area contributed by atoms with Crippen LogP contribution in [0.2, 0.25) is 0 Å². The van der Waals surface area contributed by atoms with Crippen LogP contribution in [0.15, 0.2) is 12.3 Å². The Morgan fingerprint density at radius 2 is 2.40 bits per heavy atom. The van der Waals surface area contributed by atoms with Gasteiger partial charge in [-0.05, 0) is 42.7 Å². The fraction of sp³-hybridized carbons (Fsp3) is 0.583. The van der Waals surface area contributed by atoms with Crippen molar-refractivity contribution < 1.29 is 5.21 Å². The van der Waals surface area contributed by atoms with Crippen LogP contribution in [0.3, 0.4) is 0 Å². The highest BCUT2D eigenvalue weighted by atomic mass is 16.5. The van der Waals surface area contributed by atoms with Crippen molar-refractivity contribution in [3.63, 3.8) is 0 Å². The van der Waals surface area contributed by atoms with Crippen LogP contribution in [0.25, 0.3) is 0 Å². The highest BCUT2D eigenvalue weighted by Gasteiger charge is 2.24. The van der Waals surface area contributed by atoms with E-state index in [4.69, 9.17) is 5.21 Å². The van der Waals surface area contributed by atoms with Gasteiger partial charge in [0.2, 0.25) is 0 Å². The van der Waals surface area contributed by atoms with E-state index in [2.05, 4.69) is 30.4 Å². The average Bonchev–Trinajstić information content (AvgIpc) is 2.20. The van der Waals surface area contributed by atoms with Gasteiger partial charge in [-0.3, -0.25) is 4.98 Å². The number of rotatable bonds is 2. The predicted molar refractivity (Wildman–Crippen MR) is 59.0 cm³/mol. The molecule has 82 valence electrons. The second kappa shape index (κ2) is 4.29. The van der Waals surface area contributed by atoms with Gasteiger partial charge >= 0.3 is 0 Å². The minimum Gasteiger partial charge on any atom is -0.317 e. The van der Waals surface area contributed by atoms with E-state index in [1.54, 1.807) is 0 Å². The van der Waals surface area contributed by atoms with E-state index in [-0.39, 0.29) is 0 Å². The van der Waals surface area contributed by atoms with Crippen molar-refractivity contribution in [3.05, 3.63) is 29.1 Å². The van der Waals surface area contributed by atoms with Crippen molar-refractivity contribution in [2.45, 2.75) is 32.6 Å². The van der Waals surface area contributed by atoms with Crippen LogP contribution >= 0.6 is 0 Å². The lowest BCUT2D eigenvalue weighted by atomic mass is 9.80. The molecule has 0 amide bonds. The summed E-state index contributed by atoms with van der Waals surface area (Å²) in [4.78, 5) is 4.49. The zero-order chi connectivity index (χ0) is 10.8. The molecule has 1 aliphatic carbocycles. The molecule has 0 aliphatic heterocycles. The second-order valence-corrected chi connectivity index (χ2v) is 4.62. The molecule has 0 saturated carbocycles. The number of aryl methyl sites for hydroxylation is 1. The van der Waals surface area contributed by atoms with Crippen LogP contribution in [0, 0.1) is 12.8 Å². The third kappa shape index (κ3) is 2.19. The number of nitrogens with one attached hydrogen (secondary N) is 1. The zero-order valence-corrected chi connectivity index (χ0v) is 9.33. The molecule has 2 rings (SSSR count). The summed E-state index contributed by atoms with van der Waals surface area (Å²) < 4.78 is 0. The summed E-state index contributed by atoms with van der Waals surface area (Å²) in [7, 11) is 0. The maximum atomic E-state index is 8.73. The predicted octanol–water partition coefficient (Wildman–Crippen LogP) is 2.03. The Bertz CT molecular complexity index is 351. The smallest absolute Gasteiger partial charge is 0.0441 e. The molecule has 0 saturated heterocycles. The number of fused-ring (bicyclic) bond motifs is 1. The summed E-state index contributed by atoms with van der Waals surface area (Å²) in [6.45, 7) is 4.99.